The van der Waals surface area contributed by atoms with Gasteiger partial charge in [0.05, 0.1) is 12.2 Å². The first-order valence-corrected chi connectivity index (χ1v) is 3.04. The molecule has 1 aliphatic heterocycles. The largest absolute Gasteiger partial charge is 0.389 e. The van der Waals surface area contributed by atoms with Gasteiger partial charge in [0.15, 0.2) is 0 Å². The van der Waals surface area contributed by atoms with Gasteiger partial charge < -0.3 is 21.3 Å². The second kappa shape index (κ2) is 2.62. The smallest absolute Gasteiger partial charge is 0.0974 e. The fourth-order valence-corrected chi connectivity index (χ4v) is 0.925. The Bertz CT molecular complexity index is 89.0. The van der Waals surface area contributed by atoms with E-state index in [9.17, 15) is 0 Å². The molecule has 0 aromatic heterocycles. The molecule has 1 saturated heterocycles. The Morgan fingerprint density at radius 1 is 1.33 bits per heavy atom. The average molecular weight is 132 g/mol. The lowest BCUT2D eigenvalue weighted by molar-refractivity contribution is -0.0113. The molecular formula is C5H12N2O2. The summed E-state index contributed by atoms with van der Waals surface area (Å²) in [6.07, 6.45) is -1.46. The summed E-state index contributed by atoms with van der Waals surface area (Å²) < 4.78 is 0. The van der Waals surface area contributed by atoms with Crippen LogP contribution in [0, 0.1) is 0 Å². The molecule has 0 aromatic carbocycles. The van der Waals surface area contributed by atoms with Gasteiger partial charge in [-0.15, -0.1) is 0 Å². The SMILES string of the molecule is N[C@@H]1CNC[C@H](O)[C@H]1O. The first-order chi connectivity index (χ1) is 4.22. The first-order valence-electron chi connectivity index (χ1n) is 3.04. The topological polar surface area (TPSA) is 78.5 Å². The van der Waals surface area contributed by atoms with Gasteiger partial charge in [0, 0.05) is 19.1 Å². The molecule has 0 bridgehead atoms. The quantitative estimate of drug-likeness (QED) is 0.297. The molecule has 3 atom stereocenters. The van der Waals surface area contributed by atoms with Crippen molar-refractivity contribution in [1.29, 1.82) is 0 Å². The Morgan fingerprint density at radius 3 is 2.44 bits per heavy atom. The Labute approximate surface area is 53.7 Å². The second-order valence-electron chi connectivity index (χ2n) is 2.38. The average Bonchev–Trinajstić information content (AvgIpc) is 1.83. The van der Waals surface area contributed by atoms with Crippen LogP contribution in [0.4, 0.5) is 0 Å². The molecule has 1 aliphatic rings. The van der Waals surface area contributed by atoms with Gasteiger partial charge in [0.1, 0.15) is 0 Å². The number of aliphatic hydroxyl groups excluding tert-OH is 2. The van der Waals surface area contributed by atoms with Crippen molar-refractivity contribution < 1.29 is 10.2 Å². The fourth-order valence-electron chi connectivity index (χ4n) is 0.925. The van der Waals surface area contributed by atoms with Gasteiger partial charge in [-0.2, -0.15) is 0 Å². The molecule has 5 N–H and O–H groups in total. The number of rotatable bonds is 0. The highest BCUT2D eigenvalue weighted by atomic mass is 16.3. The van der Waals surface area contributed by atoms with Gasteiger partial charge in [0.2, 0.25) is 0 Å². The third-order valence-corrected chi connectivity index (χ3v) is 1.57. The summed E-state index contributed by atoms with van der Waals surface area (Å²) in [6.45, 7) is 1.02. The van der Waals surface area contributed by atoms with E-state index in [0.717, 1.165) is 0 Å². The van der Waals surface area contributed by atoms with Crippen LogP contribution >= 0.6 is 0 Å². The predicted molar refractivity (Wildman–Crippen MR) is 32.9 cm³/mol. The molecule has 0 amide bonds. The highest BCUT2D eigenvalue weighted by Gasteiger charge is 2.26. The van der Waals surface area contributed by atoms with E-state index in [2.05, 4.69) is 5.32 Å². The minimum absolute atomic E-state index is 0.325. The number of nitrogens with two attached hydrogens (primary N) is 1. The van der Waals surface area contributed by atoms with Crippen LogP contribution in [-0.4, -0.2) is 41.6 Å². The summed E-state index contributed by atoms with van der Waals surface area (Å²) in [7, 11) is 0. The Balaban J connectivity index is 2.41. The molecule has 0 spiro atoms. The molecule has 1 fully saturated rings. The summed E-state index contributed by atoms with van der Waals surface area (Å²) in [6, 6.07) is -0.325. The standard InChI is InChI=1S/C5H12N2O2/c6-3-1-7-2-4(8)5(3)9/h3-5,7-9H,1-2,6H2/t3-,4+,5+/m1/s1. The molecule has 4 heteroatoms. The summed E-state index contributed by atoms with van der Waals surface area (Å²) >= 11 is 0. The van der Waals surface area contributed by atoms with E-state index in [-0.39, 0.29) is 6.04 Å². The zero-order valence-corrected chi connectivity index (χ0v) is 5.12. The highest BCUT2D eigenvalue weighted by Crippen LogP contribution is 2.00. The van der Waals surface area contributed by atoms with Crippen LogP contribution in [0.1, 0.15) is 0 Å². The molecule has 54 valence electrons. The first kappa shape index (κ1) is 6.95. The second-order valence-corrected chi connectivity index (χ2v) is 2.38. The van der Waals surface area contributed by atoms with Gasteiger partial charge in [-0.3, -0.25) is 0 Å². The molecule has 0 unspecified atom stereocenters. The van der Waals surface area contributed by atoms with Crippen molar-refractivity contribution in [2.24, 2.45) is 5.73 Å². The minimum Gasteiger partial charge on any atom is -0.389 e. The lowest BCUT2D eigenvalue weighted by Gasteiger charge is -2.29. The van der Waals surface area contributed by atoms with Crippen molar-refractivity contribution >= 4 is 0 Å². The van der Waals surface area contributed by atoms with Gasteiger partial charge in [0.25, 0.3) is 0 Å². The van der Waals surface area contributed by atoms with Crippen LogP contribution in [-0.2, 0) is 0 Å². The third-order valence-electron chi connectivity index (χ3n) is 1.57. The molecule has 0 aromatic rings. The summed E-state index contributed by atoms with van der Waals surface area (Å²) in [5, 5.41) is 20.9. The van der Waals surface area contributed by atoms with Gasteiger partial charge >= 0.3 is 0 Å². The molecule has 9 heavy (non-hydrogen) atoms. The van der Waals surface area contributed by atoms with Gasteiger partial charge in [-0.25, -0.2) is 0 Å². The lowest BCUT2D eigenvalue weighted by atomic mass is 10.0. The van der Waals surface area contributed by atoms with Crippen molar-refractivity contribution in [2.75, 3.05) is 13.1 Å². The Hall–Kier alpha value is -0.160. The molecule has 0 saturated carbocycles. The summed E-state index contributed by atoms with van der Waals surface area (Å²) in [5.41, 5.74) is 5.40. The summed E-state index contributed by atoms with van der Waals surface area (Å²) in [4.78, 5) is 0. The molecule has 1 rings (SSSR count). The number of hydrogen-bond acceptors (Lipinski definition) is 4. The van der Waals surface area contributed by atoms with E-state index in [1.54, 1.807) is 0 Å². The Morgan fingerprint density at radius 2 is 2.00 bits per heavy atom. The van der Waals surface area contributed by atoms with Crippen molar-refractivity contribution in [3.8, 4) is 0 Å². The molecule has 0 radical (unpaired) electrons. The van der Waals surface area contributed by atoms with E-state index >= 15 is 0 Å². The molecule has 0 aliphatic carbocycles. The van der Waals surface area contributed by atoms with E-state index in [0.29, 0.717) is 13.1 Å². The number of piperidine rings is 1. The van der Waals surface area contributed by atoms with Crippen LogP contribution < -0.4 is 11.1 Å². The molecule has 4 nitrogen and oxygen atoms in total. The van der Waals surface area contributed by atoms with Crippen molar-refractivity contribution in [3.63, 3.8) is 0 Å². The summed E-state index contributed by atoms with van der Waals surface area (Å²) in [5.74, 6) is 0. The van der Waals surface area contributed by atoms with Crippen molar-refractivity contribution in [1.82, 2.24) is 5.32 Å². The van der Waals surface area contributed by atoms with Crippen molar-refractivity contribution in [2.45, 2.75) is 18.2 Å². The van der Waals surface area contributed by atoms with Crippen LogP contribution in [0.3, 0.4) is 0 Å². The van der Waals surface area contributed by atoms with Crippen molar-refractivity contribution in [3.05, 3.63) is 0 Å². The van der Waals surface area contributed by atoms with E-state index < -0.39 is 12.2 Å². The number of hydrogen-bond donors (Lipinski definition) is 4. The molecular weight excluding hydrogens is 120 g/mol. The van der Waals surface area contributed by atoms with Gasteiger partial charge in [-0.1, -0.05) is 0 Å². The van der Waals surface area contributed by atoms with Crippen LogP contribution in [0.2, 0.25) is 0 Å². The zero-order chi connectivity index (χ0) is 6.85. The highest BCUT2D eigenvalue weighted by molar-refractivity contribution is 4.86. The normalized spacial score (nSPS) is 45.0. The minimum atomic E-state index is -0.758. The van der Waals surface area contributed by atoms with Gasteiger partial charge in [-0.05, 0) is 0 Å². The predicted octanol–water partition coefficient (Wildman–Crippen LogP) is -2.36. The van der Waals surface area contributed by atoms with Crippen LogP contribution in [0.5, 0.6) is 0 Å². The maximum Gasteiger partial charge on any atom is 0.0974 e. The van der Waals surface area contributed by atoms with Crippen LogP contribution in [0.15, 0.2) is 0 Å². The number of β-amino-alcohol motifs (C(OH)–C–C–N with tert-alkyl or cyclic N) is 1. The third kappa shape index (κ3) is 1.40. The maximum atomic E-state index is 9.03. The van der Waals surface area contributed by atoms with E-state index in [4.69, 9.17) is 15.9 Å². The van der Waals surface area contributed by atoms with Crippen LogP contribution in [0.25, 0.3) is 0 Å². The lowest BCUT2D eigenvalue weighted by Crippen LogP contribution is -2.57. The maximum absolute atomic E-state index is 9.03. The number of aliphatic hydroxyl groups is 2. The van der Waals surface area contributed by atoms with E-state index in [1.165, 1.54) is 0 Å². The Kier molecular flexibility index (Phi) is 2.02. The monoisotopic (exact) mass is 132 g/mol. The van der Waals surface area contributed by atoms with E-state index in [1.807, 2.05) is 0 Å². The number of nitrogens with one attached hydrogen (secondary N) is 1. The molecule has 1 heterocycles. The zero-order valence-electron chi connectivity index (χ0n) is 5.12. The fraction of sp³-hybridized carbons (Fsp3) is 1.00.